The molecule has 0 bridgehead atoms. The highest BCUT2D eigenvalue weighted by Crippen LogP contribution is 2.38. The summed E-state index contributed by atoms with van der Waals surface area (Å²) in [6.07, 6.45) is 76.1. The van der Waals surface area contributed by atoms with Crippen LogP contribution in [0.5, 0.6) is 0 Å². The fourth-order valence-corrected chi connectivity index (χ4v) is 9.94. The largest absolute Gasteiger partial charge is 0.756 e. The van der Waals surface area contributed by atoms with Gasteiger partial charge in [-0.3, -0.25) is 9.36 Å². The quantitative estimate of drug-likeness (QED) is 0.0272. The Morgan fingerprint density at radius 3 is 1.18 bits per heavy atom. The van der Waals surface area contributed by atoms with Crippen LogP contribution in [0.15, 0.2) is 60.8 Å². The number of hydrogen-bond donors (Lipinski definition) is 2. The van der Waals surface area contributed by atoms with E-state index in [1.165, 1.54) is 225 Å². The van der Waals surface area contributed by atoms with E-state index in [-0.39, 0.29) is 12.5 Å². The number of unbranched alkanes of at least 4 members (excludes halogenated alkanes) is 37. The molecule has 0 aromatic rings. The fourth-order valence-electron chi connectivity index (χ4n) is 9.22. The van der Waals surface area contributed by atoms with Gasteiger partial charge in [0.25, 0.3) is 7.82 Å². The number of hydrogen-bond acceptors (Lipinski definition) is 6. The van der Waals surface area contributed by atoms with Crippen molar-refractivity contribution in [2.75, 3.05) is 40.9 Å². The van der Waals surface area contributed by atoms with Crippen molar-refractivity contribution >= 4 is 13.7 Å². The van der Waals surface area contributed by atoms with Crippen LogP contribution < -0.4 is 10.2 Å². The van der Waals surface area contributed by atoms with Gasteiger partial charge in [-0.2, -0.15) is 0 Å². The van der Waals surface area contributed by atoms with Crippen LogP contribution in [-0.4, -0.2) is 68.5 Å². The highest BCUT2D eigenvalue weighted by molar-refractivity contribution is 7.45. The van der Waals surface area contributed by atoms with E-state index in [0.717, 1.165) is 51.4 Å². The van der Waals surface area contributed by atoms with E-state index in [1.807, 2.05) is 27.2 Å². The van der Waals surface area contributed by atoms with Gasteiger partial charge in [-0.25, -0.2) is 0 Å². The second kappa shape index (κ2) is 55.9. The molecule has 0 aliphatic heterocycles. The molecule has 3 unspecified atom stereocenters. The number of nitrogens with one attached hydrogen (secondary N) is 1. The van der Waals surface area contributed by atoms with E-state index < -0.39 is 26.6 Å². The van der Waals surface area contributed by atoms with E-state index in [1.54, 1.807) is 6.08 Å². The molecule has 0 heterocycles. The number of carbonyl (C=O) groups is 1. The minimum Gasteiger partial charge on any atom is -0.756 e. The predicted molar refractivity (Wildman–Crippen MR) is 321 cm³/mol. The lowest BCUT2D eigenvalue weighted by atomic mass is 10.0. The Hall–Kier alpha value is -1.80. The van der Waals surface area contributed by atoms with Gasteiger partial charge >= 0.3 is 0 Å². The molecule has 0 saturated carbocycles. The number of aliphatic hydroxyl groups is 1. The molecule has 2 N–H and O–H groups in total. The van der Waals surface area contributed by atoms with Crippen molar-refractivity contribution in [3.63, 3.8) is 0 Å². The molecule has 0 fully saturated rings. The minimum atomic E-state index is -4.62. The highest BCUT2D eigenvalue weighted by Gasteiger charge is 2.23. The van der Waals surface area contributed by atoms with Crippen LogP contribution in [0, 0.1) is 0 Å². The van der Waals surface area contributed by atoms with Crippen LogP contribution in [0.3, 0.4) is 0 Å². The second-order valence-electron chi connectivity index (χ2n) is 22.7. The van der Waals surface area contributed by atoms with E-state index >= 15 is 0 Å². The molecular formula is C65H123N2O6P. The van der Waals surface area contributed by atoms with E-state index in [4.69, 9.17) is 9.05 Å². The lowest BCUT2D eigenvalue weighted by Crippen LogP contribution is -2.45. The van der Waals surface area contributed by atoms with Gasteiger partial charge in [0, 0.05) is 6.42 Å². The number of aliphatic hydroxyl groups excluding tert-OH is 1. The summed E-state index contributed by atoms with van der Waals surface area (Å²) in [5, 5.41) is 13.9. The van der Waals surface area contributed by atoms with Crippen molar-refractivity contribution in [1.29, 1.82) is 0 Å². The fraction of sp³-hybridized carbons (Fsp3) is 0.831. The molecule has 0 rings (SSSR count). The summed E-state index contributed by atoms with van der Waals surface area (Å²) < 4.78 is 23.4. The normalized spacial score (nSPS) is 14.2. The number of rotatable bonds is 58. The van der Waals surface area contributed by atoms with Crippen molar-refractivity contribution in [2.45, 2.75) is 309 Å². The molecule has 434 valence electrons. The van der Waals surface area contributed by atoms with Crippen LogP contribution in [0.2, 0.25) is 0 Å². The van der Waals surface area contributed by atoms with Crippen molar-refractivity contribution in [1.82, 2.24) is 5.32 Å². The maximum Gasteiger partial charge on any atom is 0.268 e. The Labute approximate surface area is 460 Å². The Bertz CT molecular complexity index is 1390. The SMILES string of the molecule is CCCCCCC/C=C\C/C=C\CCCCCCCCCCCC(=O)NC(COP(=O)([O-])OCC[N+](C)(C)C)C(O)/C=C/CC/C=C/CC/C=C/CCCCCCCCCCCCCCCCCCCCCCC. The molecule has 0 aromatic carbocycles. The zero-order valence-corrected chi connectivity index (χ0v) is 50.4. The van der Waals surface area contributed by atoms with Gasteiger partial charge in [0.2, 0.25) is 5.91 Å². The monoisotopic (exact) mass is 1060 g/mol. The number of allylic oxidation sites excluding steroid dienone is 9. The number of phosphoric acid groups is 1. The number of phosphoric ester groups is 1. The molecule has 9 heteroatoms. The smallest absolute Gasteiger partial charge is 0.268 e. The van der Waals surface area contributed by atoms with Gasteiger partial charge in [0.1, 0.15) is 13.2 Å². The van der Waals surface area contributed by atoms with Crippen LogP contribution in [-0.2, 0) is 18.4 Å². The van der Waals surface area contributed by atoms with Gasteiger partial charge in [0.15, 0.2) is 0 Å². The summed E-state index contributed by atoms with van der Waals surface area (Å²) in [5.41, 5.74) is 0. The molecule has 0 radical (unpaired) electrons. The number of nitrogens with zero attached hydrogens (tertiary/aromatic N) is 1. The molecule has 0 saturated heterocycles. The van der Waals surface area contributed by atoms with Gasteiger partial charge in [-0.15, -0.1) is 0 Å². The molecule has 3 atom stereocenters. The van der Waals surface area contributed by atoms with E-state index in [2.05, 4.69) is 67.8 Å². The summed E-state index contributed by atoms with van der Waals surface area (Å²) in [4.78, 5) is 25.5. The molecule has 0 spiro atoms. The first-order chi connectivity index (χ1) is 36.0. The first-order valence-electron chi connectivity index (χ1n) is 31.7. The van der Waals surface area contributed by atoms with Crippen molar-refractivity contribution in [3.05, 3.63) is 60.8 Å². The molecule has 0 aliphatic rings. The van der Waals surface area contributed by atoms with Crippen LogP contribution in [0.25, 0.3) is 0 Å². The summed E-state index contributed by atoms with van der Waals surface area (Å²) in [6, 6.07) is -0.916. The Kier molecular flexibility index (Phi) is 54.6. The summed E-state index contributed by atoms with van der Waals surface area (Å²) in [7, 11) is 1.23. The molecule has 74 heavy (non-hydrogen) atoms. The predicted octanol–water partition coefficient (Wildman–Crippen LogP) is 19.0. The lowest BCUT2D eigenvalue weighted by Gasteiger charge is -2.29. The topological polar surface area (TPSA) is 108 Å². The lowest BCUT2D eigenvalue weighted by molar-refractivity contribution is -0.870. The molecule has 0 aromatic heterocycles. The Balaban J connectivity index is 4.20. The highest BCUT2D eigenvalue weighted by atomic mass is 31.2. The summed E-state index contributed by atoms with van der Waals surface area (Å²) in [6.45, 7) is 4.64. The van der Waals surface area contributed by atoms with Crippen molar-refractivity contribution in [3.8, 4) is 0 Å². The van der Waals surface area contributed by atoms with Crippen LogP contribution >= 0.6 is 7.82 Å². The molecule has 1 amide bonds. The number of carbonyl (C=O) groups excluding carboxylic acids is 1. The third-order valence-corrected chi connectivity index (χ3v) is 15.1. The maximum absolute atomic E-state index is 13.0. The standard InChI is InChI=1S/C65H123N2O6P/c1-6-8-10-12-14-16-18-20-22-24-26-28-29-30-31-32-33-34-35-36-37-39-40-42-44-46-48-50-52-54-56-58-64(68)63(62-73-74(70,71)72-61-60-67(3,4)5)66-65(69)59-57-55-53-51-49-47-45-43-41-38-27-25-23-21-19-17-15-13-11-9-7-2/h19,21,25,27,40,42,48,50,56,58,63-64,68H,6-18,20,22-24,26,28-39,41,43-47,49,51-55,57,59-62H2,1-5H3,(H-,66,69,70,71)/b21-19-,27-25-,42-40+,50-48+,58-56+. The van der Waals surface area contributed by atoms with Crippen LogP contribution in [0.1, 0.15) is 296 Å². The summed E-state index contributed by atoms with van der Waals surface area (Å²) in [5.74, 6) is -0.214. The average Bonchev–Trinajstić information content (AvgIpc) is 3.36. The zero-order chi connectivity index (χ0) is 54.2. The average molecular weight is 1060 g/mol. The third kappa shape index (κ3) is 57.9. The van der Waals surface area contributed by atoms with Gasteiger partial charge in [-0.1, -0.05) is 274 Å². The van der Waals surface area contributed by atoms with Crippen molar-refractivity contribution < 1.29 is 32.9 Å². The Morgan fingerprint density at radius 2 is 0.797 bits per heavy atom. The molecule has 0 aliphatic carbocycles. The molecule has 8 nitrogen and oxygen atoms in total. The first kappa shape index (κ1) is 72.2. The van der Waals surface area contributed by atoms with E-state index in [9.17, 15) is 19.4 Å². The summed E-state index contributed by atoms with van der Waals surface area (Å²) >= 11 is 0. The second-order valence-corrected chi connectivity index (χ2v) is 24.2. The van der Waals surface area contributed by atoms with Gasteiger partial charge in [-0.05, 0) is 77.0 Å². The van der Waals surface area contributed by atoms with Crippen LogP contribution in [0.4, 0.5) is 0 Å². The Morgan fingerprint density at radius 1 is 0.473 bits per heavy atom. The van der Waals surface area contributed by atoms with E-state index in [0.29, 0.717) is 17.4 Å². The number of amides is 1. The molecular weight excluding hydrogens is 936 g/mol. The maximum atomic E-state index is 13.0. The van der Waals surface area contributed by atoms with Crippen molar-refractivity contribution in [2.24, 2.45) is 0 Å². The third-order valence-electron chi connectivity index (χ3n) is 14.2. The first-order valence-corrected chi connectivity index (χ1v) is 33.1. The zero-order valence-electron chi connectivity index (χ0n) is 49.5. The van der Waals surface area contributed by atoms with Gasteiger partial charge < -0.3 is 28.8 Å². The van der Waals surface area contributed by atoms with Gasteiger partial charge in [0.05, 0.1) is 39.9 Å². The number of quaternary nitrogens is 1. The number of likely N-dealkylation sites (N-methyl/N-ethyl adjacent to an activating group) is 1. The minimum absolute atomic E-state index is 0.0114.